The second kappa shape index (κ2) is 9.29. The average Bonchev–Trinajstić information content (AvgIpc) is 2.88. The number of hydrogen-bond donors (Lipinski definition) is 4. The second-order valence-corrected chi connectivity index (χ2v) is 8.81. The molecule has 0 radical (unpaired) electrons. The van der Waals surface area contributed by atoms with Crippen molar-refractivity contribution in [2.24, 2.45) is 0 Å². The van der Waals surface area contributed by atoms with Gasteiger partial charge in [0.1, 0.15) is 17.4 Å². The number of nitrogens with one attached hydrogen (secondary N) is 3. The van der Waals surface area contributed by atoms with Crippen molar-refractivity contribution in [1.82, 2.24) is 15.3 Å². The smallest absolute Gasteiger partial charge is 0.263 e. The predicted octanol–water partition coefficient (Wildman–Crippen LogP) is 2.23. The molecule has 0 saturated heterocycles. The average molecular weight is 473 g/mol. The zero-order valence-corrected chi connectivity index (χ0v) is 18.9. The fraction of sp³-hybridized carbons (Fsp3) is 0.320. The number of carbonyl (C=O) groups is 2. The van der Waals surface area contributed by atoms with Gasteiger partial charge in [0, 0.05) is 18.0 Å². The summed E-state index contributed by atoms with van der Waals surface area (Å²) < 4.78 is 5.33. The summed E-state index contributed by atoms with van der Waals surface area (Å²) in [6, 6.07) is 14.5. The van der Waals surface area contributed by atoms with Crippen LogP contribution in [0.15, 0.2) is 42.5 Å². The standard InChI is InChI=1S/C25H24N6O4/c26-12-17-5-4-15-2-1-3-19(22(15)28-17)30-24(33)25(34)10-8-16(9-11-25)27-13-18-6-7-20-23(29-18)31-21(32)14-35-20/h1-7,16,27,34H,8-11,13-14H2,(H,30,33)(H,29,31,32)/t16-,25+. The number of fused-ring (bicyclic) bond motifs is 2. The highest BCUT2D eigenvalue weighted by molar-refractivity contribution is 6.03. The van der Waals surface area contributed by atoms with E-state index in [2.05, 4.69) is 25.9 Å². The van der Waals surface area contributed by atoms with Gasteiger partial charge in [-0.25, -0.2) is 9.97 Å². The Bertz CT molecular complexity index is 1340. The van der Waals surface area contributed by atoms with Crippen LogP contribution in [0, 0.1) is 11.3 Å². The molecule has 10 nitrogen and oxygen atoms in total. The lowest BCUT2D eigenvalue weighted by molar-refractivity contribution is -0.137. The molecule has 178 valence electrons. The van der Waals surface area contributed by atoms with Crippen LogP contribution in [0.1, 0.15) is 37.1 Å². The Hall–Kier alpha value is -4.07. The molecule has 1 fully saturated rings. The first-order chi connectivity index (χ1) is 16.9. The van der Waals surface area contributed by atoms with Crippen molar-refractivity contribution >= 4 is 34.2 Å². The van der Waals surface area contributed by atoms with Gasteiger partial charge >= 0.3 is 0 Å². The van der Waals surface area contributed by atoms with E-state index in [1.807, 2.05) is 18.2 Å². The van der Waals surface area contributed by atoms with E-state index >= 15 is 0 Å². The molecular formula is C25H24N6O4. The minimum atomic E-state index is -1.49. The van der Waals surface area contributed by atoms with Crippen molar-refractivity contribution in [3.05, 3.63) is 53.9 Å². The summed E-state index contributed by atoms with van der Waals surface area (Å²) in [4.78, 5) is 33.2. The van der Waals surface area contributed by atoms with Gasteiger partial charge in [0.2, 0.25) is 0 Å². The third kappa shape index (κ3) is 4.77. The van der Waals surface area contributed by atoms with Gasteiger partial charge in [-0.2, -0.15) is 5.26 Å². The number of amides is 2. The van der Waals surface area contributed by atoms with Crippen molar-refractivity contribution < 1.29 is 19.4 Å². The monoisotopic (exact) mass is 472 g/mol. The Kier molecular flexibility index (Phi) is 6.03. The fourth-order valence-corrected chi connectivity index (χ4v) is 4.43. The molecule has 1 aromatic carbocycles. The van der Waals surface area contributed by atoms with Gasteiger partial charge in [0.15, 0.2) is 18.2 Å². The molecule has 1 saturated carbocycles. The maximum atomic E-state index is 13.0. The Morgan fingerprint density at radius 2 is 2.03 bits per heavy atom. The van der Waals surface area contributed by atoms with Crippen molar-refractivity contribution in [3.8, 4) is 11.8 Å². The van der Waals surface area contributed by atoms with Crippen molar-refractivity contribution in [2.45, 2.75) is 43.9 Å². The Labute approximate surface area is 201 Å². The predicted molar refractivity (Wildman–Crippen MR) is 127 cm³/mol. The molecule has 5 rings (SSSR count). The molecule has 2 aromatic heterocycles. The van der Waals surface area contributed by atoms with Crippen LogP contribution in [0.4, 0.5) is 11.5 Å². The molecule has 3 heterocycles. The molecule has 3 aromatic rings. The number of aliphatic hydroxyl groups is 1. The summed E-state index contributed by atoms with van der Waals surface area (Å²) >= 11 is 0. The highest BCUT2D eigenvalue weighted by Gasteiger charge is 2.40. The van der Waals surface area contributed by atoms with Crippen molar-refractivity contribution in [1.29, 1.82) is 5.26 Å². The number of anilines is 2. The van der Waals surface area contributed by atoms with E-state index in [0.717, 1.165) is 11.1 Å². The lowest BCUT2D eigenvalue weighted by atomic mass is 9.81. The van der Waals surface area contributed by atoms with Crippen LogP contribution in [-0.2, 0) is 16.1 Å². The number of nitriles is 1. The molecule has 2 aliphatic rings. The molecule has 0 bridgehead atoms. The molecule has 35 heavy (non-hydrogen) atoms. The van der Waals surface area contributed by atoms with Gasteiger partial charge in [-0.15, -0.1) is 0 Å². The largest absolute Gasteiger partial charge is 0.480 e. The third-order valence-corrected chi connectivity index (χ3v) is 6.42. The van der Waals surface area contributed by atoms with E-state index in [9.17, 15) is 14.7 Å². The van der Waals surface area contributed by atoms with E-state index in [4.69, 9.17) is 10.00 Å². The van der Waals surface area contributed by atoms with Crippen LogP contribution in [0.25, 0.3) is 10.9 Å². The topological polar surface area (TPSA) is 149 Å². The van der Waals surface area contributed by atoms with Crippen LogP contribution in [0.5, 0.6) is 5.75 Å². The molecule has 1 aliphatic carbocycles. The Morgan fingerprint density at radius 1 is 1.20 bits per heavy atom. The van der Waals surface area contributed by atoms with Gasteiger partial charge in [0.05, 0.1) is 16.9 Å². The minimum absolute atomic E-state index is 0.0112. The van der Waals surface area contributed by atoms with Crippen molar-refractivity contribution in [2.75, 3.05) is 17.2 Å². The molecular weight excluding hydrogens is 448 g/mol. The second-order valence-electron chi connectivity index (χ2n) is 8.81. The first kappa shape index (κ1) is 22.7. The lowest BCUT2D eigenvalue weighted by Gasteiger charge is -2.35. The summed E-state index contributed by atoms with van der Waals surface area (Å²) in [5.74, 6) is 0.261. The molecule has 0 unspecified atom stereocenters. The van der Waals surface area contributed by atoms with Crippen LogP contribution in [-0.4, -0.2) is 45.1 Å². The number of carbonyl (C=O) groups excluding carboxylic acids is 2. The van der Waals surface area contributed by atoms with Crippen LogP contribution in [0.2, 0.25) is 0 Å². The Balaban J connectivity index is 1.19. The van der Waals surface area contributed by atoms with Gasteiger partial charge < -0.3 is 25.8 Å². The highest BCUT2D eigenvalue weighted by atomic mass is 16.5. The fourth-order valence-electron chi connectivity index (χ4n) is 4.43. The summed E-state index contributed by atoms with van der Waals surface area (Å²) in [5.41, 5.74) is 0.505. The molecule has 0 atom stereocenters. The van der Waals surface area contributed by atoms with Crippen LogP contribution < -0.4 is 20.7 Å². The first-order valence-corrected chi connectivity index (χ1v) is 11.4. The SMILES string of the molecule is N#Cc1ccc2cccc(NC(=O)[C@]3(O)CC[C@@H](NCc4ccc5c(n4)NC(=O)CO5)CC3)c2n1. The first-order valence-electron chi connectivity index (χ1n) is 11.4. The summed E-state index contributed by atoms with van der Waals surface area (Å²) in [6.45, 7) is 0.476. The number of nitrogens with zero attached hydrogens (tertiary/aromatic N) is 3. The molecule has 0 spiro atoms. The number of benzene rings is 1. The lowest BCUT2D eigenvalue weighted by Crippen LogP contribution is -2.48. The van der Waals surface area contributed by atoms with Gasteiger partial charge in [-0.1, -0.05) is 12.1 Å². The van der Waals surface area contributed by atoms with E-state index in [1.54, 1.807) is 30.3 Å². The summed E-state index contributed by atoms with van der Waals surface area (Å²) in [5, 5.41) is 29.9. The number of hydrogen-bond acceptors (Lipinski definition) is 8. The van der Waals surface area contributed by atoms with Gasteiger partial charge in [-0.3, -0.25) is 9.59 Å². The van der Waals surface area contributed by atoms with Crippen LogP contribution in [0.3, 0.4) is 0 Å². The zero-order chi connectivity index (χ0) is 24.4. The molecule has 1 aliphatic heterocycles. The number of pyridine rings is 2. The number of ether oxygens (including phenoxy) is 1. The number of rotatable bonds is 5. The van der Waals surface area contributed by atoms with E-state index in [1.165, 1.54) is 0 Å². The molecule has 2 amide bonds. The van der Waals surface area contributed by atoms with E-state index < -0.39 is 11.5 Å². The molecule has 4 N–H and O–H groups in total. The summed E-state index contributed by atoms with van der Waals surface area (Å²) in [6.07, 6.45) is 1.83. The Morgan fingerprint density at radius 3 is 2.83 bits per heavy atom. The normalized spacial score (nSPS) is 21.4. The maximum absolute atomic E-state index is 13.0. The number of aromatic nitrogens is 2. The van der Waals surface area contributed by atoms with Gasteiger partial charge in [0.25, 0.3) is 11.8 Å². The quantitative estimate of drug-likeness (QED) is 0.442. The van der Waals surface area contributed by atoms with Crippen molar-refractivity contribution in [3.63, 3.8) is 0 Å². The maximum Gasteiger partial charge on any atom is 0.263 e. The minimum Gasteiger partial charge on any atom is -0.480 e. The highest BCUT2D eigenvalue weighted by Crippen LogP contribution is 2.31. The van der Waals surface area contributed by atoms with Gasteiger partial charge in [-0.05, 0) is 56.0 Å². The van der Waals surface area contributed by atoms with E-state index in [0.29, 0.717) is 55.0 Å². The third-order valence-electron chi connectivity index (χ3n) is 6.42. The zero-order valence-electron chi connectivity index (χ0n) is 18.9. The van der Waals surface area contributed by atoms with E-state index in [-0.39, 0.29) is 24.2 Å². The summed E-state index contributed by atoms with van der Waals surface area (Å²) in [7, 11) is 0. The number of para-hydroxylation sites is 1. The van der Waals surface area contributed by atoms with Crippen LogP contribution >= 0.6 is 0 Å². The molecule has 10 heteroatoms.